The van der Waals surface area contributed by atoms with Gasteiger partial charge in [0.05, 0.1) is 16.7 Å². The molecule has 10 aromatic rings. The zero-order valence-corrected chi connectivity index (χ0v) is 30.5. The molecule has 0 bridgehead atoms. The average Bonchev–Trinajstić information content (AvgIpc) is 3.60. The summed E-state index contributed by atoms with van der Waals surface area (Å²) in [5.41, 5.74) is 10.3. The van der Waals surface area contributed by atoms with Crippen LogP contribution in [-0.4, -0.2) is 19.5 Å². The van der Waals surface area contributed by atoms with E-state index in [-0.39, 0.29) is 5.56 Å². The Kier molecular flexibility index (Phi) is 8.49. The molecule has 0 amide bonds. The molecular weight excluding hydrogens is 707 g/mol. The van der Waals surface area contributed by atoms with Crippen molar-refractivity contribution < 1.29 is 8.78 Å². The Morgan fingerprint density at radius 1 is 0.333 bits per heavy atom. The number of aromatic nitrogens is 4. The van der Waals surface area contributed by atoms with Crippen LogP contribution in [0.4, 0.5) is 8.78 Å². The number of rotatable bonds is 7. The highest BCUT2D eigenvalue weighted by molar-refractivity contribution is 6.12. The van der Waals surface area contributed by atoms with E-state index in [1.807, 2.05) is 115 Å². The van der Waals surface area contributed by atoms with Gasteiger partial charge in [-0.05, 0) is 76.3 Å². The van der Waals surface area contributed by atoms with E-state index >= 15 is 4.39 Å². The molecular formula is C51H32F2N4. The summed E-state index contributed by atoms with van der Waals surface area (Å²) >= 11 is 0. The van der Waals surface area contributed by atoms with E-state index in [2.05, 4.69) is 65.2 Å². The Morgan fingerprint density at radius 3 is 1.26 bits per heavy atom. The van der Waals surface area contributed by atoms with Crippen molar-refractivity contribution in [3.63, 3.8) is 0 Å². The Morgan fingerprint density at radius 2 is 0.772 bits per heavy atom. The molecule has 0 fully saturated rings. The van der Waals surface area contributed by atoms with Crippen LogP contribution in [-0.2, 0) is 0 Å². The van der Waals surface area contributed by atoms with Crippen molar-refractivity contribution >= 4 is 21.8 Å². The average molecular weight is 739 g/mol. The third kappa shape index (κ3) is 6.33. The predicted octanol–water partition coefficient (Wildman–Crippen LogP) is 13.2. The molecule has 8 aromatic carbocycles. The number of nitrogens with zero attached hydrogens (tertiary/aromatic N) is 4. The summed E-state index contributed by atoms with van der Waals surface area (Å²) in [5, 5.41) is 2.11. The standard InChI is InChI=1S/C51H32F2N4/c52-40-24-26-41(45(53)32-40)39-21-25-42(51-55-49(35-17-9-3-10-18-35)54-50(56-51)36-19-11-4-12-20-36)48(31-39)57-46-27-22-37(33-13-5-1-6-14-33)29-43(46)44-30-38(23-28-47(44)57)34-15-7-2-8-16-34/h1-32H. The summed E-state index contributed by atoms with van der Waals surface area (Å²) in [7, 11) is 0. The Hall–Kier alpha value is -7.57. The van der Waals surface area contributed by atoms with E-state index in [1.54, 1.807) is 0 Å². The molecule has 4 nitrogen and oxygen atoms in total. The van der Waals surface area contributed by atoms with Gasteiger partial charge in [-0.3, -0.25) is 0 Å². The maximum Gasteiger partial charge on any atom is 0.166 e. The minimum absolute atomic E-state index is 0.285. The molecule has 10 rings (SSSR count). The minimum Gasteiger partial charge on any atom is -0.308 e. The maximum absolute atomic E-state index is 15.6. The smallest absolute Gasteiger partial charge is 0.166 e. The lowest BCUT2D eigenvalue weighted by atomic mass is 10.0. The normalized spacial score (nSPS) is 11.3. The molecule has 2 aromatic heterocycles. The van der Waals surface area contributed by atoms with Gasteiger partial charge in [0, 0.05) is 39.1 Å². The number of hydrogen-bond donors (Lipinski definition) is 0. The predicted molar refractivity (Wildman–Crippen MR) is 227 cm³/mol. The Bertz CT molecular complexity index is 2920. The number of fused-ring (bicyclic) bond motifs is 3. The first kappa shape index (κ1) is 34.0. The Balaban J connectivity index is 1.29. The molecule has 0 aliphatic heterocycles. The molecule has 0 saturated carbocycles. The van der Waals surface area contributed by atoms with Crippen LogP contribution in [0.25, 0.3) is 95.0 Å². The fourth-order valence-corrected chi connectivity index (χ4v) is 7.63. The van der Waals surface area contributed by atoms with Crippen LogP contribution in [0.15, 0.2) is 194 Å². The highest BCUT2D eigenvalue weighted by Gasteiger charge is 2.22. The van der Waals surface area contributed by atoms with Crippen molar-refractivity contribution in [3.05, 3.63) is 206 Å². The van der Waals surface area contributed by atoms with Crippen molar-refractivity contribution in [1.82, 2.24) is 19.5 Å². The van der Waals surface area contributed by atoms with E-state index in [4.69, 9.17) is 15.0 Å². The molecule has 0 aliphatic carbocycles. The van der Waals surface area contributed by atoms with Crippen LogP contribution in [0.1, 0.15) is 0 Å². The van der Waals surface area contributed by atoms with Gasteiger partial charge in [-0.15, -0.1) is 0 Å². The molecule has 6 heteroatoms. The third-order valence-electron chi connectivity index (χ3n) is 10.4. The first-order chi connectivity index (χ1) is 28.1. The molecule has 0 aliphatic rings. The first-order valence-corrected chi connectivity index (χ1v) is 18.7. The van der Waals surface area contributed by atoms with Crippen LogP contribution in [0.3, 0.4) is 0 Å². The Labute approximate surface area is 328 Å². The SMILES string of the molecule is Fc1ccc(-c2ccc(-c3nc(-c4ccccc4)nc(-c4ccccc4)n3)c(-n3c4ccc(-c5ccccc5)cc4c4cc(-c5ccccc5)ccc43)c2)c(F)c1. The monoisotopic (exact) mass is 738 g/mol. The lowest BCUT2D eigenvalue weighted by Gasteiger charge is -2.17. The van der Waals surface area contributed by atoms with Gasteiger partial charge in [-0.25, -0.2) is 23.7 Å². The van der Waals surface area contributed by atoms with Crippen LogP contribution in [0.5, 0.6) is 0 Å². The van der Waals surface area contributed by atoms with Crippen molar-refractivity contribution in [1.29, 1.82) is 0 Å². The second kappa shape index (κ2) is 14.3. The molecule has 0 radical (unpaired) electrons. The molecule has 0 spiro atoms. The van der Waals surface area contributed by atoms with Gasteiger partial charge in [-0.2, -0.15) is 0 Å². The number of halogens is 2. The second-order valence-corrected chi connectivity index (χ2v) is 13.9. The molecule has 0 unspecified atom stereocenters. The summed E-state index contributed by atoms with van der Waals surface area (Å²) in [5.74, 6) is 0.239. The van der Waals surface area contributed by atoms with Gasteiger partial charge >= 0.3 is 0 Å². The zero-order chi connectivity index (χ0) is 38.3. The van der Waals surface area contributed by atoms with E-state index in [0.29, 0.717) is 23.0 Å². The maximum atomic E-state index is 15.6. The first-order valence-electron chi connectivity index (χ1n) is 18.7. The van der Waals surface area contributed by atoms with E-state index in [1.165, 1.54) is 12.1 Å². The quantitative estimate of drug-likeness (QED) is 0.164. The largest absolute Gasteiger partial charge is 0.308 e. The van der Waals surface area contributed by atoms with Crippen LogP contribution in [0, 0.1) is 11.6 Å². The van der Waals surface area contributed by atoms with Crippen molar-refractivity contribution in [2.75, 3.05) is 0 Å². The molecule has 2 heterocycles. The van der Waals surface area contributed by atoms with Gasteiger partial charge in [0.25, 0.3) is 0 Å². The summed E-state index contributed by atoms with van der Waals surface area (Å²) in [6.07, 6.45) is 0. The minimum atomic E-state index is -0.645. The van der Waals surface area contributed by atoms with Gasteiger partial charge < -0.3 is 4.57 Å². The summed E-state index contributed by atoms with van der Waals surface area (Å²) in [4.78, 5) is 15.2. The fraction of sp³-hybridized carbons (Fsp3) is 0. The van der Waals surface area contributed by atoms with Crippen molar-refractivity contribution in [3.8, 4) is 73.2 Å². The third-order valence-corrected chi connectivity index (χ3v) is 10.4. The molecule has 0 saturated heterocycles. The van der Waals surface area contributed by atoms with Crippen LogP contribution >= 0.6 is 0 Å². The van der Waals surface area contributed by atoms with Crippen molar-refractivity contribution in [2.45, 2.75) is 0 Å². The van der Waals surface area contributed by atoms with Gasteiger partial charge in [-0.1, -0.05) is 140 Å². The highest BCUT2D eigenvalue weighted by atomic mass is 19.1. The highest BCUT2D eigenvalue weighted by Crippen LogP contribution is 2.41. The zero-order valence-electron chi connectivity index (χ0n) is 30.5. The van der Waals surface area contributed by atoms with E-state index < -0.39 is 11.6 Å². The lowest BCUT2D eigenvalue weighted by molar-refractivity contribution is 0.585. The summed E-state index contributed by atoms with van der Waals surface area (Å²) < 4.78 is 32.0. The summed E-state index contributed by atoms with van der Waals surface area (Å²) in [6.45, 7) is 0. The molecule has 57 heavy (non-hydrogen) atoms. The lowest BCUT2D eigenvalue weighted by Crippen LogP contribution is -2.04. The van der Waals surface area contributed by atoms with Crippen LogP contribution < -0.4 is 0 Å². The second-order valence-electron chi connectivity index (χ2n) is 13.9. The van der Waals surface area contributed by atoms with Gasteiger partial charge in [0.15, 0.2) is 17.5 Å². The number of benzene rings is 8. The number of hydrogen-bond acceptors (Lipinski definition) is 3. The van der Waals surface area contributed by atoms with Gasteiger partial charge in [0.1, 0.15) is 11.6 Å². The summed E-state index contributed by atoms with van der Waals surface area (Å²) in [6, 6.07) is 62.9. The van der Waals surface area contributed by atoms with Crippen molar-refractivity contribution in [2.24, 2.45) is 0 Å². The van der Waals surface area contributed by atoms with E-state index in [9.17, 15) is 4.39 Å². The topological polar surface area (TPSA) is 43.6 Å². The van der Waals surface area contributed by atoms with Crippen LogP contribution in [0.2, 0.25) is 0 Å². The molecule has 270 valence electrons. The fourth-order valence-electron chi connectivity index (χ4n) is 7.63. The van der Waals surface area contributed by atoms with Gasteiger partial charge in [0.2, 0.25) is 0 Å². The molecule has 0 N–H and O–H groups in total. The van der Waals surface area contributed by atoms with E-state index in [0.717, 1.165) is 72.5 Å². The molecule has 0 atom stereocenters.